The Bertz CT molecular complexity index is 1600. The van der Waals surface area contributed by atoms with Crippen molar-refractivity contribution >= 4 is 5.78 Å². The number of ketones is 1. The van der Waals surface area contributed by atoms with Gasteiger partial charge in [-0.2, -0.15) is 0 Å². The van der Waals surface area contributed by atoms with Gasteiger partial charge >= 0.3 is 0 Å². The van der Waals surface area contributed by atoms with E-state index in [-0.39, 0.29) is 23.2 Å². The Balaban J connectivity index is 1.12. The van der Waals surface area contributed by atoms with Gasteiger partial charge < -0.3 is 19.3 Å². The number of carbonyl (C=O) groups excluding carboxylic acids is 1. The van der Waals surface area contributed by atoms with Crippen LogP contribution in [0, 0.1) is 0 Å². The monoisotopic (exact) mass is 576 g/mol. The third kappa shape index (κ3) is 5.27. The largest absolute Gasteiger partial charge is 0.504 e. The summed E-state index contributed by atoms with van der Waals surface area (Å²) in [7, 11) is 0. The first-order valence-corrected chi connectivity index (χ1v) is 16.0. The molecule has 0 radical (unpaired) electrons. The summed E-state index contributed by atoms with van der Waals surface area (Å²) in [5.74, 6) is 0.314. The Morgan fingerprint density at radius 3 is 2.44 bits per heavy atom. The van der Waals surface area contributed by atoms with Crippen LogP contribution in [0.15, 0.2) is 79.1 Å². The lowest BCUT2D eigenvalue weighted by Crippen LogP contribution is -2.63. The predicted molar refractivity (Wildman–Crippen MR) is 168 cm³/mol. The second-order valence-electron chi connectivity index (χ2n) is 13.2. The minimum Gasteiger partial charge on any atom is -0.504 e. The van der Waals surface area contributed by atoms with E-state index in [1.807, 2.05) is 29.0 Å². The predicted octanol–water partition coefficient (Wildman–Crippen LogP) is 6.53. The quantitative estimate of drug-likeness (QED) is 0.135. The highest BCUT2D eigenvalue weighted by molar-refractivity contribution is 6.08. The molecular weight excluding hydrogens is 534 g/mol. The van der Waals surface area contributed by atoms with E-state index < -0.39 is 0 Å². The van der Waals surface area contributed by atoms with Crippen LogP contribution < -0.4 is 0 Å². The number of benzene rings is 3. The second kappa shape index (κ2) is 11.3. The van der Waals surface area contributed by atoms with Crippen LogP contribution in [0.5, 0.6) is 11.5 Å². The summed E-state index contributed by atoms with van der Waals surface area (Å²) in [6, 6.07) is 22.4. The van der Waals surface area contributed by atoms with Crippen molar-refractivity contribution in [3.63, 3.8) is 0 Å². The van der Waals surface area contributed by atoms with E-state index in [9.17, 15) is 15.0 Å². The fraction of sp³-hybridized carbons (Fsp3) is 0.405. The molecule has 4 heterocycles. The number of piperidine rings is 3. The highest BCUT2D eigenvalue weighted by Gasteiger charge is 2.49. The van der Waals surface area contributed by atoms with Crippen molar-refractivity contribution in [2.45, 2.75) is 69.2 Å². The van der Waals surface area contributed by atoms with Crippen LogP contribution in [0.1, 0.15) is 82.9 Å². The first-order chi connectivity index (χ1) is 21.0. The summed E-state index contributed by atoms with van der Waals surface area (Å²) in [6.07, 6.45) is 12.5. The lowest BCUT2D eigenvalue weighted by atomic mass is 9.66. The van der Waals surface area contributed by atoms with E-state index >= 15 is 0 Å². The molecule has 0 unspecified atom stereocenters. The maximum atomic E-state index is 13.9. The minimum atomic E-state index is -0.110. The maximum absolute atomic E-state index is 13.9. The van der Waals surface area contributed by atoms with Gasteiger partial charge in [-0.3, -0.25) is 4.79 Å². The fourth-order valence-electron chi connectivity index (χ4n) is 8.23. The smallest absolute Gasteiger partial charge is 0.228 e. The van der Waals surface area contributed by atoms with Crippen LogP contribution >= 0.6 is 0 Å². The van der Waals surface area contributed by atoms with Gasteiger partial charge in [-0.05, 0) is 60.1 Å². The molecule has 0 saturated carbocycles. The number of hydrogen-bond donors (Lipinski definition) is 2. The number of aromatic nitrogens is 2. The Morgan fingerprint density at radius 2 is 1.67 bits per heavy atom. The molecule has 1 atom stereocenters. The molecule has 222 valence electrons. The standard InChI is InChI=1S/C37H41N3O3/c41-33-14-13-28(25-34(33)42)29(15-21-40-22-16-37(17-23-40,18-24-40)30-9-2-1-3-10-30)26-39-20-19-38-36(39)35(43)32-12-6-8-27-7-4-5-11-31(27)32/h1-3,6,8-10,12-14,19-20,25,29H,4-5,7,11,15-18,21-24,26H2,(H-,38,41,42,43)/p+1/t29-,37?,40?/m0/s1. The molecule has 3 aliphatic heterocycles. The Kier molecular flexibility index (Phi) is 7.34. The molecule has 6 nitrogen and oxygen atoms in total. The third-order valence-electron chi connectivity index (χ3n) is 11.0. The van der Waals surface area contributed by atoms with Crippen molar-refractivity contribution in [2.24, 2.45) is 0 Å². The molecule has 0 spiro atoms. The lowest BCUT2D eigenvalue weighted by Gasteiger charge is -2.55. The van der Waals surface area contributed by atoms with E-state index in [1.165, 1.54) is 62.0 Å². The number of fused-ring (bicyclic) bond motifs is 4. The highest BCUT2D eigenvalue weighted by Crippen LogP contribution is 2.46. The Hall–Kier alpha value is -3.90. The number of rotatable bonds is 9. The molecule has 4 aliphatic rings. The number of quaternary nitrogens is 1. The topological polar surface area (TPSA) is 75.4 Å². The van der Waals surface area contributed by atoms with Gasteiger partial charge in [0.2, 0.25) is 5.78 Å². The fourth-order valence-corrected chi connectivity index (χ4v) is 8.23. The number of phenols is 2. The van der Waals surface area contributed by atoms with Gasteiger partial charge in [-0.25, -0.2) is 4.98 Å². The molecule has 43 heavy (non-hydrogen) atoms. The summed E-state index contributed by atoms with van der Waals surface area (Å²) < 4.78 is 3.15. The van der Waals surface area contributed by atoms with E-state index in [4.69, 9.17) is 0 Å². The van der Waals surface area contributed by atoms with Gasteiger partial charge in [-0.15, -0.1) is 0 Å². The number of nitrogens with zero attached hydrogens (tertiary/aromatic N) is 3. The molecule has 0 amide bonds. The average Bonchev–Trinajstić information content (AvgIpc) is 3.53. The Morgan fingerprint density at radius 1 is 0.907 bits per heavy atom. The molecule has 2 bridgehead atoms. The molecule has 8 rings (SSSR count). The number of carbonyl (C=O) groups is 1. The zero-order valence-electron chi connectivity index (χ0n) is 24.9. The van der Waals surface area contributed by atoms with Crippen molar-refractivity contribution in [2.75, 3.05) is 26.2 Å². The van der Waals surface area contributed by atoms with Crippen LogP contribution in [-0.4, -0.2) is 56.2 Å². The molecule has 6 heteroatoms. The van der Waals surface area contributed by atoms with Gasteiger partial charge in [0, 0.05) is 61.5 Å². The van der Waals surface area contributed by atoms with Gasteiger partial charge in [0.15, 0.2) is 17.3 Å². The van der Waals surface area contributed by atoms with Crippen molar-refractivity contribution < 1.29 is 19.5 Å². The minimum absolute atomic E-state index is 0.0118. The number of imidazole rings is 1. The van der Waals surface area contributed by atoms with Gasteiger partial charge in [0.1, 0.15) is 0 Å². The van der Waals surface area contributed by atoms with Crippen molar-refractivity contribution in [1.29, 1.82) is 0 Å². The third-order valence-corrected chi connectivity index (χ3v) is 11.0. The van der Waals surface area contributed by atoms with Gasteiger partial charge in [0.05, 0.1) is 26.2 Å². The van der Waals surface area contributed by atoms with Gasteiger partial charge in [0.25, 0.3) is 0 Å². The zero-order chi connectivity index (χ0) is 29.4. The van der Waals surface area contributed by atoms with E-state index in [2.05, 4.69) is 41.4 Å². The molecular formula is C37H42N3O3+. The second-order valence-corrected chi connectivity index (χ2v) is 13.2. The van der Waals surface area contributed by atoms with E-state index in [0.29, 0.717) is 17.8 Å². The first-order valence-electron chi connectivity index (χ1n) is 16.0. The van der Waals surface area contributed by atoms with Crippen LogP contribution in [-0.2, 0) is 24.8 Å². The molecule has 2 N–H and O–H groups in total. The number of aryl methyl sites for hydroxylation is 1. The normalized spacial score (nSPS) is 23.5. The van der Waals surface area contributed by atoms with E-state index in [0.717, 1.165) is 47.8 Å². The van der Waals surface area contributed by atoms with E-state index in [1.54, 1.807) is 18.3 Å². The van der Waals surface area contributed by atoms with Crippen molar-refractivity contribution in [3.05, 3.63) is 113 Å². The zero-order valence-corrected chi connectivity index (χ0v) is 24.9. The maximum Gasteiger partial charge on any atom is 0.228 e. The average molecular weight is 577 g/mol. The molecule has 4 aromatic rings. The van der Waals surface area contributed by atoms with Gasteiger partial charge in [-0.1, -0.05) is 54.6 Å². The molecule has 1 aliphatic carbocycles. The summed E-state index contributed by atoms with van der Waals surface area (Å²) in [4.78, 5) is 18.5. The van der Waals surface area contributed by atoms with Crippen molar-refractivity contribution in [1.82, 2.24) is 9.55 Å². The summed E-state index contributed by atoms with van der Waals surface area (Å²) >= 11 is 0. The molecule has 3 fully saturated rings. The lowest BCUT2D eigenvalue weighted by molar-refractivity contribution is -0.943. The number of hydrogen-bond acceptors (Lipinski definition) is 4. The van der Waals surface area contributed by atoms with Crippen LogP contribution in [0.3, 0.4) is 0 Å². The number of phenolic OH excluding ortho intramolecular Hbond substituents is 2. The van der Waals surface area contributed by atoms with Crippen LogP contribution in [0.25, 0.3) is 0 Å². The Labute approximate surface area is 254 Å². The number of aromatic hydroxyl groups is 2. The van der Waals surface area contributed by atoms with Crippen LogP contribution in [0.4, 0.5) is 0 Å². The van der Waals surface area contributed by atoms with Crippen LogP contribution in [0.2, 0.25) is 0 Å². The first kappa shape index (κ1) is 27.9. The van der Waals surface area contributed by atoms with Crippen molar-refractivity contribution in [3.8, 4) is 11.5 Å². The molecule has 3 aromatic carbocycles. The molecule has 1 aromatic heterocycles. The summed E-state index contributed by atoms with van der Waals surface area (Å²) in [6.45, 7) is 5.22. The summed E-state index contributed by atoms with van der Waals surface area (Å²) in [5.41, 5.74) is 6.07. The molecule has 3 saturated heterocycles. The SMILES string of the molecule is O=C(c1cccc2c1CCCC2)c1nccn1C[C@H](CC[N+]12CCC(c3ccccc3)(CC1)CC2)c1ccc(O)c(O)c1. The highest BCUT2D eigenvalue weighted by atomic mass is 16.3. The summed E-state index contributed by atoms with van der Waals surface area (Å²) in [5, 5.41) is 20.5.